The Morgan fingerprint density at radius 2 is 1.91 bits per heavy atom. The van der Waals surface area contributed by atoms with Crippen LogP contribution in [0.5, 0.6) is 11.5 Å². The summed E-state index contributed by atoms with van der Waals surface area (Å²) in [6, 6.07) is 19.8. The zero-order valence-electron chi connectivity index (χ0n) is 19.7. The lowest BCUT2D eigenvalue weighted by Gasteiger charge is -2.33. The molecule has 3 aromatic carbocycles. The van der Waals surface area contributed by atoms with Crippen molar-refractivity contribution in [3.63, 3.8) is 0 Å². The van der Waals surface area contributed by atoms with Crippen molar-refractivity contribution in [3.05, 3.63) is 87.9 Å². The number of rotatable bonds is 5. The smallest absolute Gasteiger partial charge is 0.191 e. The number of anilines is 1. The van der Waals surface area contributed by atoms with E-state index in [4.69, 9.17) is 33.3 Å². The van der Waals surface area contributed by atoms with Crippen LogP contribution >= 0.6 is 23.8 Å². The Hall–Kier alpha value is -3.09. The van der Waals surface area contributed by atoms with Crippen molar-refractivity contribution in [2.24, 2.45) is 5.10 Å². The number of ether oxygens (including phenoxy) is 2. The minimum atomic E-state index is -0.396. The first-order valence-corrected chi connectivity index (χ1v) is 11.9. The van der Waals surface area contributed by atoms with E-state index in [1.165, 1.54) is 5.56 Å². The molecule has 34 heavy (non-hydrogen) atoms. The fraction of sp³-hybridized carbons (Fsp3) is 0.259. The molecule has 2 N–H and O–H groups in total. The van der Waals surface area contributed by atoms with Gasteiger partial charge in [-0.2, -0.15) is 5.10 Å². The first-order valence-electron chi connectivity index (χ1n) is 11.1. The standard InChI is InChI=1S/C27H28ClN3O2S/c1-17-9-11-23(22(28)13-17)29-26(34)31-30-24-15-27(3,4)33-25-12-10-20(14-21(24)25)32-16-19-8-6-5-7-18(19)2/h5-14H,15-16H2,1-4H3,(H2,29,31,34)/b30-24+. The number of thiocarbonyl (C=S) groups is 1. The molecule has 0 bridgehead atoms. The van der Waals surface area contributed by atoms with E-state index in [1.807, 2.05) is 69.3 Å². The lowest BCUT2D eigenvalue weighted by Crippen LogP contribution is -2.37. The number of halogens is 1. The van der Waals surface area contributed by atoms with Crippen molar-refractivity contribution < 1.29 is 9.47 Å². The average molecular weight is 494 g/mol. The molecular formula is C27H28ClN3O2S. The third-order valence-electron chi connectivity index (χ3n) is 5.56. The fourth-order valence-electron chi connectivity index (χ4n) is 3.77. The number of benzene rings is 3. The summed E-state index contributed by atoms with van der Waals surface area (Å²) in [4.78, 5) is 0. The van der Waals surface area contributed by atoms with Gasteiger partial charge in [0, 0.05) is 12.0 Å². The summed E-state index contributed by atoms with van der Waals surface area (Å²) in [5.74, 6) is 1.52. The van der Waals surface area contributed by atoms with Crippen LogP contribution in [0.3, 0.4) is 0 Å². The molecule has 0 aliphatic carbocycles. The maximum absolute atomic E-state index is 6.31. The van der Waals surface area contributed by atoms with Crippen molar-refractivity contribution in [1.82, 2.24) is 5.43 Å². The van der Waals surface area contributed by atoms with Crippen LogP contribution in [0.15, 0.2) is 65.8 Å². The van der Waals surface area contributed by atoms with Gasteiger partial charge < -0.3 is 14.8 Å². The molecule has 0 spiro atoms. The summed E-state index contributed by atoms with van der Waals surface area (Å²) in [6.45, 7) is 8.64. The Bertz CT molecular complexity index is 1260. The first-order chi connectivity index (χ1) is 16.2. The first kappa shape index (κ1) is 24.0. The van der Waals surface area contributed by atoms with E-state index < -0.39 is 5.60 Å². The summed E-state index contributed by atoms with van der Waals surface area (Å²) in [5, 5.41) is 8.68. The highest BCUT2D eigenvalue weighted by molar-refractivity contribution is 7.80. The van der Waals surface area contributed by atoms with Crippen LogP contribution in [0.25, 0.3) is 0 Å². The minimum Gasteiger partial charge on any atom is -0.489 e. The molecule has 176 valence electrons. The van der Waals surface area contributed by atoms with E-state index in [0.717, 1.165) is 39.6 Å². The van der Waals surface area contributed by atoms with Crippen molar-refractivity contribution in [2.45, 2.75) is 46.3 Å². The van der Waals surface area contributed by atoms with Crippen LogP contribution in [0, 0.1) is 13.8 Å². The molecular weight excluding hydrogens is 466 g/mol. The van der Waals surface area contributed by atoms with Gasteiger partial charge in [0.2, 0.25) is 0 Å². The molecule has 0 fully saturated rings. The predicted octanol–water partition coefficient (Wildman–Crippen LogP) is 6.79. The summed E-state index contributed by atoms with van der Waals surface area (Å²) in [6.07, 6.45) is 0.613. The van der Waals surface area contributed by atoms with E-state index in [-0.39, 0.29) is 0 Å². The molecule has 0 radical (unpaired) electrons. The van der Waals surface area contributed by atoms with Crippen LogP contribution in [-0.2, 0) is 6.61 Å². The lowest BCUT2D eigenvalue weighted by atomic mass is 9.92. The summed E-state index contributed by atoms with van der Waals surface area (Å²) in [5.41, 5.74) is 8.44. The topological polar surface area (TPSA) is 54.9 Å². The molecule has 0 atom stereocenters. The summed E-state index contributed by atoms with van der Waals surface area (Å²) < 4.78 is 12.3. The third-order valence-corrected chi connectivity index (χ3v) is 6.07. The van der Waals surface area contributed by atoms with Gasteiger partial charge in [-0.1, -0.05) is 41.9 Å². The summed E-state index contributed by atoms with van der Waals surface area (Å²) >= 11 is 11.8. The van der Waals surface area contributed by atoms with Gasteiger partial charge in [-0.25, -0.2) is 0 Å². The number of hydrogen-bond donors (Lipinski definition) is 2. The van der Waals surface area contributed by atoms with Gasteiger partial charge in [0.05, 0.1) is 16.4 Å². The van der Waals surface area contributed by atoms with Crippen LogP contribution in [-0.4, -0.2) is 16.4 Å². The number of hydrogen-bond acceptors (Lipinski definition) is 4. The van der Waals surface area contributed by atoms with Crippen LogP contribution in [0.2, 0.25) is 5.02 Å². The lowest BCUT2D eigenvalue weighted by molar-refractivity contribution is 0.111. The Balaban J connectivity index is 1.52. The fourth-order valence-corrected chi connectivity index (χ4v) is 4.21. The molecule has 0 saturated heterocycles. The molecule has 4 rings (SSSR count). The molecule has 0 amide bonds. The van der Waals surface area contributed by atoms with Crippen LogP contribution in [0.4, 0.5) is 5.69 Å². The van der Waals surface area contributed by atoms with E-state index >= 15 is 0 Å². The molecule has 3 aromatic rings. The Labute approximate surface area is 211 Å². The quantitative estimate of drug-likeness (QED) is 0.303. The third kappa shape index (κ3) is 5.88. The monoisotopic (exact) mass is 493 g/mol. The van der Waals surface area contributed by atoms with Crippen molar-refractivity contribution in [3.8, 4) is 11.5 Å². The van der Waals surface area contributed by atoms with Gasteiger partial charge in [0.1, 0.15) is 23.7 Å². The van der Waals surface area contributed by atoms with Gasteiger partial charge in [-0.05, 0) is 86.9 Å². The molecule has 0 aromatic heterocycles. The molecule has 5 nitrogen and oxygen atoms in total. The van der Waals surface area contributed by atoms with Gasteiger partial charge in [0.15, 0.2) is 5.11 Å². The highest BCUT2D eigenvalue weighted by Crippen LogP contribution is 2.36. The number of fused-ring (bicyclic) bond motifs is 1. The Morgan fingerprint density at radius 1 is 1.12 bits per heavy atom. The van der Waals surface area contributed by atoms with E-state index in [0.29, 0.717) is 23.2 Å². The average Bonchev–Trinajstić information content (AvgIpc) is 2.78. The largest absolute Gasteiger partial charge is 0.489 e. The van der Waals surface area contributed by atoms with E-state index in [9.17, 15) is 0 Å². The SMILES string of the molecule is Cc1ccc(NC(=S)N/N=C2\CC(C)(C)Oc3ccc(OCc4ccccc4C)cc32)c(Cl)c1. The van der Waals surface area contributed by atoms with Crippen molar-refractivity contribution in [2.75, 3.05) is 5.32 Å². The highest BCUT2D eigenvalue weighted by atomic mass is 35.5. The van der Waals surface area contributed by atoms with Gasteiger partial charge in [-0.15, -0.1) is 0 Å². The molecule has 1 aliphatic rings. The van der Waals surface area contributed by atoms with Gasteiger partial charge >= 0.3 is 0 Å². The Kier molecular flexibility index (Phi) is 7.10. The maximum Gasteiger partial charge on any atom is 0.191 e. The van der Waals surface area contributed by atoms with Crippen molar-refractivity contribution >= 4 is 40.3 Å². The maximum atomic E-state index is 6.31. The second-order valence-electron chi connectivity index (χ2n) is 9.02. The Morgan fingerprint density at radius 3 is 2.68 bits per heavy atom. The van der Waals surface area contributed by atoms with E-state index in [2.05, 4.69) is 34.9 Å². The predicted molar refractivity (Wildman–Crippen MR) is 143 cm³/mol. The van der Waals surface area contributed by atoms with Crippen LogP contribution in [0.1, 0.15) is 42.5 Å². The van der Waals surface area contributed by atoms with E-state index in [1.54, 1.807) is 0 Å². The molecule has 0 unspecified atom stereocenters. The van der Waals surface area contributed by atoms with Gasteiger partial charge in [-0.3, -0.25) is 5.43 Å². The number of aryl methyl sites for hydroxylation is 2. The molecule has 1 heterocycles. The molecule has 7 heteroatoms. The number of nitrogens with one attached hydrogen (secondary N) is 2. The van der Waals surface area contributed by atoms with Crippen LogP contribution < -0.4 is 20.2 Å². The zero-order valence-corrected chi connectivity index (χ0v) is 21.3. The van der Waals surface area contributed by atoms with Crippen molar-refractivity contribution in [1.29, 1.82) is 0 Å². The summed E-state index contributed by atoms with van der Waals surface area (Å²) in [7, 11) is 0. The highest BCUT2D eigenvalue weighted by Gasteiger charge is 2.31. The molecule has 1 aliphatic heterocycles. The molecule has 0 saturated carbocycles. The van der Waals surface area contributed by atoms with Gasteiger partial charge in [0.25, 0.3) is 0 Å². The number of nitrogens with zero attached hydrogens (tertiary/aromatic N) is 1. The minimum absolute atomic E-state index is 0.357. The second-order valence-corrected chi connectivity index (χ2v) is 9.83. The second kappa shape index (κ2) is 10.0. The normalized spacial score (nSPS) is 15.3. The number of hydrazone groups is 1. The zero-order chi connectivity index (χ0) is 24.3.